The Bertz CT molecular complexity index is 395. The molecule has 3 nitrogen and oxygen atoms in total. The van der Waals surface area contributed by atoms with Crippen molar-refractivity contribution < 1.29 is 4.79 Å². The van der Waals surface area contributed by atoms with Gasteiger partial charge in [0, 0.05) is 24.9 Å². The van der Waals surface area contributed by atoms with Crippen LogP contribution < -0.4 is 5.73 Å². The van der Waals surface area contributed by atoms with Crippen molar-refractivity contribution in [2.75, 3.05) is 13.1 Å². The first-order valence-corrected chi connectivity index (χ1v) is 8.03. The zero-order chi connectivity index (χ0) is 13.7. The summed E-state index contributed by atoms with van der Waals surface area (Å²) in [4.78, 5) is 15.2. The molecule has 106 valence electrons. The summed E-state index contributed by atoms with van der Waals surface area (Å²) < 4.78 is 0. The molecule has 0 saturated heterocycles. The maximum absolute atomic E-state index is 12.7. The van der Waals surface area contributed by atoms with Crippen molar-refractivity contribution in [2.45, 2.75) is 33.1 Å². The van der Waals surface area contributed by atoms with Crippen LogP contribution in [0.5, 0.6) is 0 Å². The summed E-state index contributed by atoms with van der Waals surface area (Å²) in [5, 5.41) is 0. The van der Waals surface area contributed by atoms with Gasteiger partial charge in [-0.2, -0.15) is 0 Å². The maximum Gasteiger partial charge on any atom is 0.226 e. The van der Waals surface area contributed by atoms with E-state index in [1.54, 1.807) is 0 Å². The van der Waals surface area contributed by atoms with Crippen LogP contribution >= 0.6 is 12.2 Å². The minimum absolute atomic E-state index is 0.120. The van der Waals surface area contributed by atoms with Crippen LogP contribution in [0, 0.1) is 35.5 Å². The first-order valence-electron chi connectivity index (χ1n) is 7.62. The molecule has 0 aromatic heterocycles. The normalized spacial score (nSPS) is 39.8. The summed E-state index contributed by atoms with van der Waals surface area (Å²) in [5.74, 6) is 3.99. The minimum atomic E-state index is 0.120. The van der Waals surface area contributed by atoms with Gasteiger partial charge in [0.15, 0.2) is 0 Å². The zero-order valence-corrected chi connectivity index (χ0v) is 12.7. The molecule has 5 unspecified atom stereocenters. The first-order chi connectivity index (χ1) is 9.04. The summed E-state index contributed by atoms with van der Waals surface area (Å²) >= 11 is 5.02. The Kier molecular flexibility index (Phi) is 3.32. The van der Waals surface area contributed by atoms with Crippen LogP contribution in [0.15, 0.2) is 0 Å². The molecule has 0 spiro atoms. The Labute approximate surface area is 120 Å². The Hall–Kier alpha value is -0.640. The summed E-state index contributed by atoms with van der Waals surface area (Å²) in [6.07, 6.45) is 4.13. The second-order valence-corrected chi connectivity index (χ2v) is 7.17. The van der Waals surface area contributed by atoms with Crippen LogP contribution in [0.3, 0.4) is 0 Å². The number of hydrogen-bond donors (Lipinski definition) is 1. The van der Waals surface area contributed by atoms with E-state index in [-0.39, 0.29) is 5.92 Å². The van der Waals surface area contributed by atoms with Gasteiger partial charge >= 0.3 is 0 Å². The van der Waals surface area contributed by atoms with E-state index in [9.17, 15) is 4.79 Å². The van der Waals surface area contributed by atoms with Crippen LogP contribution in [0.25, 0.3) is 0 Å². The maximum atomic E-state index is 12.7. The molecule has 2 bridgehead atoms. The summed E-state index contributed by atoms with van der Waals surface area (Å²) in [6, 6.07) is 0. The van der Waals surface area contributed by atoms with E-state index >= 15 is 0 Å². The predicted octanol–water partition coefficient (Wildman–Crippen LogP) is 2.05. The van der Waals surface area contributed by atoms with Crippen molar-refractivity contribution in [2.24, 2.45) is 41.2 Å². The standard InChI is InChI=1S/C15H24N2OS/c1-3-17(7-8(2)14(16)19)15(18)13-11-9-4-5-10(6-9)12(11)13/h8-13H,3-7H2,1-2H3,(H2,16,19). The van der Waals surface area contributed by atoms with Gasteiger partial charge in [0.25, 0.3) is 0 Å². The number of carbonyl (C=O) groups is 1. The van der Waals surface area contributed by atoms with Gasteiger partial charge in [0.05, 0.1) is 4.99 Å². The second kappa shape index (κ2) is 4.72. The number of hydrogen-bond acceptors (Lipinski definition) is 2. The van der Waals surface area contributed by atoms with E-state index in [2.05, 4.69) is 6.92 Å². The van der Waals surface area contributed by atoms with Gasteiger partial charge in [-0.25, -0.2) is 0 Å². The molecule has 3 fully saturated rings. The van der Waals surface area contributed by atoms with Gasteiger partial charge in [-0.15, -0.1) is 0 Å². The molecule has 0 aromatic rings. The smallest absolute Gasteiger partial charge is 0.226 e. The average molecular weight is 280 g/mol. The lowest BCUT2D eigenvalue weighted by atomic mass is 10.0. The number of carbonyl (C=O) groups excluding carboxylic acids is 1. The highest BCUT2D eigenvalue weighted by molar-refractivity contribution is 7.80. The van der Waals surface area contributed by atoms with Gasteiger partial charge in [-0.05, 0) is 49.9 Å². The van der Waals surface area contributed by atoms with Crippen LogP contribution in [0.4, 0.5) is 0 Å². The average Bonchev–Trinajstić information content (AvgIpc) is 2.82. The Morgan fingerprint density at radius 3 is 2.42 bits per heavy atom. The number of nitrogens with zero attached hydrogens (tertiary/aromatic N) is 1. The van der Waals surface area contributed by atoms with Crippen molar-refractivity contribution in [3.05, 3.63) is 0 Å². The van der Waals surface area contributed by atoms with Gasteiger partial charge < -0.3 is 10.6 Å². The van der Waals surface area contributed by atoms with Crippen LogP contribution in [-0.4, -0.2) is 28.9 Å². The summed E-state index contributed by atoms with van der Waals surface area (Å²) in [5.41, 5.74) is 5.67. The van der Waals surface area contributed by atoms with E-state index in [0.29, 0.717) is 23.4 Å². The van der Waals surface area contributed by atoms with Gasteiger partial charge in [-0.1, -0.05) is 19.1 Å². The highest BCUT2D eigenvalue weighted by Crippen LogP contribution is 2.69. The molecule has 1 amide bonds. The molecule has 3 aliphatic rings. The Balaban J connectivity index is 1.62. The second-order valence-electron chi connectivity index (χ2n) is 6.69. The third-order valence-electron chi connectivity index (χ3n) is 5.69. The fourth-order valence-corrected chi connectivity index (χ4v) is 4.74. The van der Waals surface area contributed by atoms with Gasteiger partial charge in [0.2, 0.25) is 5.91 Å². The van der Waals surface area contributed by atoms with Gasteiger partial charge in [-0.3, -0.25) is 4.79 Å². The number of thiocarbonyl (C=S) groups is 1. The molecule has 19 heavy (non-hydrogen) atoms. The quantitative estimate of drug-likeness (QED) is 0.784. The van der Waals surface area contributed by atoms with Crippen molar-refractivity contribution in [3.8, 4) is 0 Å². The van der Waals surface area contributed by atoms with E-state index in [0.717, 1.165) is 30.2 Å². The number of fused-ring (bicyclic) bond motifs is 5. The fourth-order valence-electron chi connectivity index (χ4n) is 4.66. The van der Waals surface area contributed by atoms with E-state index in [1.165, 1.54) is 19.3 Å². The molecule has 3 saturated carbocycles. The molecule has 0 aromatic carbocycles. The van der Waals surface area contributed by atoms with E-state index in [4.69, 9.17) is 18.0 Å². The fraction of sp³-hybridized carbons (Fsp3) is 0.867. The molecule has 3 aliphatic carbocycles. The molecular formula is C15H24N2OS. The molecule has 0 heterocycles. The van der Waals surface area contributed by atoms with Crippen molar-refractivity contribution in [3.63, 3.8) is 0 Å². The topological polar surface area (TPSA) is 46.3 Å². The number of rotatable bonds is 5. The highest BCUT2D eigenvalue weighted by atomic mass is 32.1. The van der Waals surface area contributed by atoms with Crippen molar-refractivity contribution >= 4 is 23.1 Å². The van der Waals surface area contributed by atoms with E-state index < -0.39 is 0 Å². The third kappa shape index (κ3) is 2.08. The Morgan fingerprint density at radius 1 is 1.37 bits per heavy atom. The molecule has 0 radical (unpaired) electrons. The lowest BCUT2D eigenvalue weighted by molar-refractivity contribution is -0.133. The summed E-state index contributed by atoms with van der Waals surface area (Å²) in [7, 11) is 0. The number of nitrogens with two attached hydrogens (primary N) is 1. The van der Waals surface area contributed by atoms with E-state index in [1.807, 2.05) is 11.8 Å². The van der Waals surface area contributed by atoms with Crippen LogP contribution in [-0.2, 0) is 4.79 Å². The molecule has 3 rings (SSSR count). The van der Waals surface area contributed by atoms with Crippen molar-refractivity contribution in [1.82, 2.24) is 4.90 Å². The lowest BCUT2D eigenvalue weighted by Gasteiger charge is -2.25. The molecule has 0 aliphatic heterocycles. The van der Waals surface area contributed by atoms with Crippen LogP contribution in [0.2, 0.25) is 0 Å². The predicted molar refractivity (Wildman–Crippen MR) is 79.5 cm³/mol. The molecule has 5 atom stereocenters. The largest absolute Gasteiger partial charge is 0.393 e. The molecule has 2 N–H and O–H groups in total. The lowest BCUT2D eigenvalue weighted by Crippen LogP contribution is -2.39. The zero-order valence-electron chi connectivity index (χ0n) is 11.8. The Morgan fingerprint density at radius 2 is 1.95 bits per heavy atom. The molecular weight excluding hydrogens is 256 g/mol. The monoisotopic (exact) mass is 280 g/mol. The first kappa shape index (κ1) is 13.3. The highest BCUT2D eigenvalue weighted by Gasteiger charge is 2.67. The van der Waals surface area contributed by atoms with Gasteiger partial charge in [0.1, 0.15) is 0 Å². The number of amides is 1. The third-order valence-corrected chi connectivity index (χ3v) is 6.10. The minimum Gasteiger partial charge on any atom is -0.393 e. The van der Waals surface area contributed by atoms with Crippen LogP contribution in [0.1, 0.15) is 33.1 Å². The van der Waals surface area contributed by atoms with Crippen molar-refractivity contribution in [1.29, 1.82) is 0 Å². The molecule has 4 heteroatoms. The summed E-state index contributed by atoms with van der Waals surface area (Å²) in [6.45, 7) is 5.53. The SMILES string of the molecule is CCN(CC(C)C(N)=S)C(=O)C1C2C3CCC(C3)C12.